The third kappa shape index (κ3) is 4.98. The Labute approximate surface area is 192 Å². The number of rotatable bonds is 5. The summed E-state index contributed by atoms with van der Waals surface area (Å²) in [6, 6.07) is 35.4. The molecule has 0 fully saturated rings. The van der Waals surface area contributed by atoms with Gasteiger partial charge in [0.15, 0.2) is 0 Å². The largest absolute Gasteiger partial charge is 0.506 e. The van der Waals surface area contributed by atoms with Crippen LogP contribution in [0.3, 0.4) is 0 Å². The van der Waals surface area contributed by atoms with Crippen molar-refractivity contribution in [2.24, 2.45) is 4.99 Å². The minimum absolute atomic E-state index is 0.00911. The standard InChI is InChI=1S/C29H28NOP/c1-29(2,3)23-18-19-27(31)26(20-23)30-21-22-12-10-11-17-28(22)32(24-13-6-4-7-14-24)25-15-8-5-9-16-25/h4-21,31H,1-3H3. The van der Waals surface area contributed by atoms with Gasteiger partial charge in [0.25, 0.3) is 0 Å². The molecule has 3 heteroatoms. The van der Waals surface area contributed by atoms with Crippen LogP contribution in [0.15, 0.2) is 108 Å². The molecule has 4 aromatic rings. The molecule has 160 valence electrons. The lowest BCUT2D eigenvalue weighted by Crippen LogP contribution is -2.23. The van der Waals surface area contributed by atoms with Crippen LogP contribution in [0.25, 0.3) is 0 Å². The number of hydrogen-bond acceptors (Lipinski definition) is 2. The highest BCUT2D eigenvalue weighted by atomic mass is 31.1. The van der Waals surface area contributed by atoms with Crippen LogP contribution in [0, 0.1) is 0 Å². The van der Waals surface area contributed by atoms with Gasteiger partial charge in [-0.2, -0.15) is 0 Å². The second-order valence-corrected chi connectivity index (χ2v) is 11.0. The number of aliphatic imine (C=N–C) groups is 1. The Hall–Kier alpha value is -3.22. The molecule has 0 unspecified atom stereocenters. The van der Waals surface area contributed by atoms with Gasteiger partial charge in [0.2, 0.25) is 0 Å². The maximum Gasteiger partial charge on any atom is 0.141 e. The van der Waals surface area contributed by atoms with E-state index in [1.807, 2.05) is 24.4 Å². The summed E-state index contributed by atoms with van der Waals surface area (Å²) >= 11 is 0. The summed E-state index contributed by atoms with van der Waals surface area (Å²) in [5.41, 5.74) is 2.79. The van der Waals surface area contributed by atoms with Crippen LogP contribution < -0.4 is 15.9 Å². The summed E-state index contributed by atoms with van der Waals surface area (Å²) in [4.78, 5) is 4.72. The maximum atomic E-state index is 10.4. The Morgan fingerprint density at radius 3 is 1.88 bits per heavy atom. The van der Waals surface area contributed by atoms with Crippen molar-refractivity contribution in [1.29, 1.82) is 0 Å². The Kier molecular flexibility index (Phi) is 6.53. The van der Waals surface area contributed by atoms with Gasteiger partial charge in [-0.25, -0.2) is 0 Å². The fourth-order valence-electron chi connectivity index (χ4n) is 3.61. The van der Waals surface area contributed by atoms with Crippen molar-refractivity contribution in [2.75, 3.05) is 0 Å². The Bertz CT molecular complexity index is 1170. The molecule has 0 aliphatic rings. The van der Waals surface area contributed by atoms with Gasteiger partial charge in [-0.3, -0.25) is 4.99 Å². The molecule has 0 radical (unpaired) electrons. The molecule has 0 spiro atoms. The molecule has 4 aromatic carbocycles. The van der Waals surface area contributed by atoms with Crippen molar-refractivity contribution in [3.05, 3.63) is 114 Å². The summed E-state index contributed by atoms with van der Waals surface area (Å²) in [5, 5.41) is 14.2. The SMILES string of the molecule is CC(C)(C)c1ccc(O)c(N=Cc2ccccc2P(c2ccccc2)c2ccccc2)c1. The number of hydrogen-bond donors (Lipinski definition) is 1. The zero-order chi connectivity index (χ0) is 22.6. The van der Waals surface area contributed by atoms with Crippen molar-refractivity contribution in [3.63, 3.8) is 0 Å². The molecule has 0 amide bonds. The molecule has 0 aromatic heterocycles. The van der Waals surface area contributed by atoms with E-state index < -0.39 is 7.92 Å². The summed E-state index contributed by atoms with van der Waals surface area (Å²) in [5.74, 6) is 0.195. The first-order valence-corrected chi connectivity index (χ1v) is 12.1. The minimum atomic E-state index is -0.733. The molecule has 0 aliphatic carbocycles. The molecule has 1 N–H and O–H groups in total. The lowest BCUT2D eigenvalue weighted by Gasteiger charge is -2.21. The highest BCUT2D eigenvalue weighted by Crippen LogP contribution is 2.35. The molecule has 2 nitrogen and oxygen atoms in total. The van der Waals surface area contributed by atoms with E-state index in [2.05, 4.69) is 99.6 Å². The van der Waals surface area contributed by atoms with Crippen LogP contribution in [0.4, 0.5) is 5.69 Å². The smallest absolute Gasteiger partial charge is 0.141 e. The van der Waals surface area contributed by atoms with E-state index in [4.69, 9.17) is 4.99 Å². The Morgan fingerprint density at radius 2 is 1.28 bits per heavy atom. The van der Waals surface area contributed by atoms with Gasteiger partial charge >= 0.3 is 0 Å². The molecule has 0 bridgehead atoms. The first-order chi connectivity index (χ1) is 15.4. The molecule has 0 saturated carbocycles. The average molecular weight is 438 g/mol. The predicted molar refractivity (Wildman–Crippen MR) is 139 cm³/mol. The normalized spacial score (nSPS) is 11.9. The second kappa shape index (κ2) is 9.51. The lowest BCUT2D eigenvalue weighted by atomic mass is 9.87. The fourth-order valence-corrected chi connectivity index (χ4v) is 6.03. The van der Waals surface area contributed by atoms with Gasteiger partial charge in [0, 0.05) is 11.8 Å². The number of phenols is 1. The van der Waals surface area contributed by atoms with Crippen molar-refractivity contribution in [1.82, 2.24) is 0 Å². The first-order valence-electron chi connectivity index (χ1n) is 10.8. The van der Waals surface area contributed by atoms with Gasteiger partial charge in [-0.05, 0) is 46.9 Å². The second-order valence-electron chi connectivity index (χ2n) is 8.78. The van der Waals surface area contributed by atoms with Crippen LogP contribution in [-0.2, 0) is 5.41 Å². The van der Waals surface area contributed by atoms with Gasteiger partial charge in [0.05, 0.1) is 0 Å². The quantitative estimate of drug-likeness (QED) is 0.293. The van der Waals surface area contributed by atoms with Crippen molar-refractivity contribution < 1.29 is 5.11 Å². The van der Waals surface area contributed by atoms with Gasteiger partial charge < -0.3 is 5.11 Å². The maximum absolute atomic E-state index is 10.4. The van der Waals surface area contributed by atoms with E-state index in [9.17, 15) is 5.11 Å². The minimum Gasteiger partial charge on any atom is -0.506 e. The number of nitrogens with zero attached hydrogens (tertiary/aromatic N) is 1. The number of benzene rings is 4. The third-order valence-electron chi connectivity index (χ3n) is 5.39. The van der Waals surface area contributed by atoms with Crippen LogP contribution in [-0.4, -0.2) is 11.3 Å². The van der Waals surface area contributed by atoms with Crippen LogP contribution in [0.2, 0.25) is 0 Å². The molecule has 0 atom stereocenters. The van der Waals surface area contributed by atoms with E-state index in [1.54, 1.807) is 6.07 Å². The van der Waals surface area contributed by atoms with Crippen molar-refractivity contribution >= 4 is 35.7 Å². The van der Waals surface area contributed by atoms with E-state index >= 15 is 0 Å². The van der Waals surface area contributed by atoms with Crippen molar-refractivity contribution in [2.45, 2.75) is 26.2 Å². The number of aromatic hydroxyl groups is 1. The lowest BCUT2D eigenvalue weighted by molar-refractivity contribution is 0.475. The monoisotopic (exact) mass is 437 g/mol. The summed E-state index contributed by atoms with van der Waals surface area (Å²) in [6.07, 6.45) is 1.89. The third-order valence-corrected chi connectivity index (χ3v) is 7.91. The zero-order valence-corrected chi connectivity index (χ0v) is 19.6. The van der Waals surface area contributed by atoms with Crippen LogP contribution in [0.5, 0.6) is 5.75 Å². The highest BCUT2D eigenvalue weighted by molar-refractivity contribution is 7.80. The average Bonchev–Trinajstić information content (AvgIpc) is 2.80. The topological polar surface area (TPSA) is 32.6 Å². The van der Waals surface area contributed by atoms with Gasteiger partial charge in [-0.15, -0.1) is 0 Å². The van der Waals surface area contributed by atoms with E-state index in [1.165, 1.54) is 15.9 Å². The summed E-state index contributed by atoms with van der Waals surface area (Å²) in [6.45, 7) is 6.49. The van der Waals surface area contributed by atoms with E-state index in [0.717, 1.165) is 11.1 Å². The molecule has 0 aliphatic heterocycles. The molecular formula is C29H28NOP. The van der Waals surface area contributed by atoms with E-state index in [-0.39, 0.29) is 11.2 Å². The predicted octanol–water partition coefficient (Wildman–Crippen LogP) is 6.20. The van der Waals surface area contributed by atoms with E-state index in [0.29, 0.717) is 5.69 Å². The summed E-state index contributed by atoms with van der Waals surface area (Å²) < 4.78 is 0. The molecule has 4 rings (SSSR count). The zero-order valence-electron chi connectivity index (χ0n) is 18.7. The van der Waals surface area contributed by atoms with Crippen molar-refractivity contribution in [3.8, 4) is 5.75 Å². The Morgan fingerprint density at radius 1 is 0.719 bits per heavy atom. The first kappa shape index (κ1) is 22.0. The van der Waals surface area contributed by atoms with Crippen LogP contribution in [0.1, 0.15) is 31.9 Å². The summed E-state index contributed by atoms with van der Waals surface area (Å²) in [7, 11) is -0.733. The Balaban J connectivity index is 1.79. The fraction of sp³-hybridized carbons (Fsp3) is 0.138. The highest BCUT2D eigenvalue weighted by Gasteiger charge is 2.19. The molecular weight excluding hydrogens is 409 g/mol. The van der Waals surface area contributed by atoms with Gasteiger partial charge in [-0.1, -0.05) is 112 Å². The van der Waals surface area contributed by atoms with Gasteiger partial charge in [0.1, 0.15) is 11.4 Å². The number of phenolic OH excluding ortho intramolecular Hbond substituents is 1. The molecule has 32 heavy (non-hydrogen) atoms. The molecule has 0 heterocycles. The van der Waals surface area contributed by atoms with Crippen LogP contribution >= 0.6 is 7.92 Å². The molecule has 0 saturated heterocycles.